The molecular formula is C16H16INO. The van der Waals surface area contributed by atoms with Crippen molar-refractivity contribution in [3.05, 3.63) is 50.8 Å². The molecule has 0 N–H and O–H groups in total. The van der Waals surface area contributed by atoms with E-state index in [1.165, 1.54) is 0 Å². The number of hydrogen-bond donors (Lipinski definition) is 0. The number of benzene rings is 1. The molecule has 0 bridgehead atoms. The predicted octanol–water partition coefficient (Wildman–Crippen LogP) is 3.97. The van der Waals surface area contributed by atoms with Crippen LogP contribution in [0, 0.1) is 0 Å². The average Bonchev–Trinajstić information content (AvgIpc) is 2.41. The van der Waals surface area contributed by atoms with Crippen molar-refractivity contribution in [2.75, 3.05) is 19.0 Å². The van der Waals surface area contributed by atoms with Crippen LogP contribution in [-0.4, -0.2) is 19.9 Å². The summed E-state index contributed by atoms with van der Waals surface area (Å²) in [6, 6.07) is 8.20. The van der Waals surface area contributed by atoms with Gasteiger partial charge in [0, 0.05) is 25.4 Å². The van der Waals surface area contributed by atoms with Gasteiger partial charge in [0.2, 0.25) is 5.78 Å². The van der Waals surface area contributed by atoms with Gasteiger partial charge in [-0.2, -0.15) is 0 Å². The Balaban J connectivity index is 2.23. The summed E-state index contributed by atoms with van der Waals surface area (Å²) in [5, 5.41) is 0. The Labute approximate surface area is 127 Å². The molecule has 0 amide bonds. The summed E-state index contributed by atoms with van der Waals surface area (Å²) in [5.74, 6) is 0.119. The molecule has 0 unspecified atom stereocenters. The van der Waals surface area contributed by atoms with Crippen molar-refractivity contribution in [3.8, 4) is 0 Å². The Hall–Kier alpha value is -1.32. The van der Waals surface area contributed by atoms with Gasteiger partial charge in [-0.05, 0) is 59.2 Å². The summed E-state index contributed by atoms with van der Waals surface area (Å²) in [6.07, 6.45) is 5.60. The lowest BCUT2D eigenvalue weighted by molar-refractivity contribution is -0.111. The zero-order chi connectivity index (χ0) is 13.8. The van der Waals surface area contributed by atoms with Crippen molar-refractivity contribution >= 4 is 40.1 Å². The molecule has 0 saturated heterocycles. The number of carbonyl (C=O) groups excluding carboxylic acids is 1. The van der Waals surface area contributed by atoms with Gasteiger partial charge in [0.1, 0.15) is 0 Å². The van der Waals surface area contributed by atoms with E-state index in [4.69, 9.17) is 0 Å². The third-order valence-electron chi connectivity index (χ3n) is 3.03. The molecule has 1 aliphatic rings. The van der Waals surface area contributed by atoms with Gasteiger partial charge >= 0.3 is 0 Å². The molecule has 3 heteroatoms. The highest BCUT2D eigenvalue weighted by atomic mass is 127. The fraction of sp³-hybridized carbons (Fsp3) is 0.250. The highest BCUT2D eigenvalue weighted by Crippen LogP contribution is 2.23. The standard InChI is InChI=1S/C16H16INO/c1-18(2)14-10-7-12(8-11-14)6-9-13-4-3-5-15(17)16(13)19/h5-8,10-11H,3-4H2,1-2H3. The van der Waals surface area contributed by atoms with E-state index >= 15 is 0 Å². The number of Topliss-reactive ketones (excluding diaryl/α,β-unsaturated/α-hetero) is 1. The first-order valence-electron chi connectivity index (χ1n) is 6.21. The topological polar surface area (TPSA) is 20.3 Å². The van der Waals surface area contributed by atoms with Crippen LogP contribution in [0.3, 0.4) is 0 Å². The van der Waals surface area contributed by atoms with Crippen LogP contribution in [0.15, 0.2) is 45.2 Å². The second kappa shape index (κ2) is 6.22. The molecule has 1 aromatic rings. The molecule has 98 valence electrons. The van der Waals surface area contributed by atoms with E-state index in [0.29, 0.717) is 0 Å². The van der Waals surface area contributed by atoms with Crippen molar-refractivity contribution in [3.63, 3.8) is 0 Å². The number of ketones is 1. The number of carbonyl (C=O) groups is 1. The van der Waals surface area contributed by atoms with Gasteiger partial charge in [-0.1, -0.05) is 18.2 Å². The van der Waals surface area contributed by atoms with E-state index in [1.807, 2.05) is 38.4 Å². The average molecular weight is 365 g/mol. The summed E-state index contributed by atoms with van der Waals surface area (Å²) in [5.41, 5.74) is 6.16. The van der Waals surface area contributed by atoms with Crippen LogP contribution in [0.25, 0.3) is 6.08 Å². The van der Waals surface area contributed by atoms with E-state index < -0.39 is 0 Å². The van der Waals surface area contributed by atoms with Gasteiger partial charge in [-0.15, -0.1) is 5.73 Å². The Morgan fingerprint density at radius 3 is 2.58 bits per heavy atom. The van der Waals surface area contributed by atoms with E-state index in [2.05, 4.69) is 45.4 Å². The quantitative estimate of drug-likeness (QED) is 0.449. The highest BCUT2D eigenvalue weighted by molar-refractivity contribution is 14.1. The zero-order valence-electron chi connectivity index (χ0n) is 11.1. The molecule has 0 aliphatic heterocycles. The fourth-order valence-corrected chi connectivity index (χ4v) is 2.51. The third-order valence-corrected chi connectivity index (χ3v) is 3.96. The number of hydrogen-bond acceptors (Lipinski definition) is 2. The smallest absolute Gasteiger partial charge is 0.202 e. The zero-order valence-corrected chi connectivity index (χ0v) is 13.3. The van der Waals surface area contributed by atoms with E-state index in [-0.39, 0.29) is 5.78 Å². The number of anilines is 1. The van der Waals surface area contributed by atoms with Crippen LogP contribution in [0.5, 0.6) is 0 Å². The second-order valence-electron chi connectivity index (χ2n) is 4.67. The van der Waals surface area contributed by atoms with Crippen LogP contribution in [0.4, 0.5) is 5.69 Å². The van der Waals surface area contributed by atoms with Crippen molar-refractivity contribution < 1.29 is 4.79 Å². The van der Waals surface area contributed by atoms with Crippen molar-refractivity contribution in [2.24, 2.45) is 0 Å². The van der Waals surface area contributed by atoms with Crippen LogP contribution < -0.4 is 4.90 Å². The first-order valence-corrected chi connectivity index (χ1v) is 7.29. The van der Waals surface area contributed by atoms with E-state index in [9.17, 15) is 4.79 Å². The molecule has 1 aliphatic carbocycles. The van der Waals surface area contributed by atoms with E-state index in [1.54, 1.807) is 0 Å². The second-order valence-corrected chi connectivity index (χ2v) is 5.84. The lowest BCUT2D eigenvalue weighted by atomic mass is 10.0. The summed E-state index contributed by atoms with van der Waals surface area (Å²) in [6.45, 7) is 0. The predicted molar refractivity (Wildman–Crippen MR) is 88.6 cm³/mol. The number of allylic oxidation sites excluding steroid dienone is 3. The summed E-state index contributed by atoms with van der Waals surface area (Å²) in [4.78, 5) is 13.9. The first kappa shape index (κ1) is 14.1. The maximum atomic E-state index is 11.9. The molecule has 1 aromatic carbocycles. The molecule has 0 heterocycles. The van der Waals surface area contributed by atoms with Crippen LogP contribution in [-0.2, 0) is 4.79 Å². The minimum Gasteiger partial charge on any atom is -0.378 e. The molecule has 2 rings (SSSR count). The first-order chi connectivity index (χ1) is 9.08. The molecule has 0 atom stereocenters. The van der Waals surface area contributed by atoms with Gasteiger partial charge in [0.05, 0.1) is 3.58 Å². The molecule has 0 radical (unpaired) electrons. The SMILES string of the molecule is CN(C)c1ccc(C=C=C2CCC=C(I)C2=O)cc1. The largest absolute Gasteiger partial charge is 0.378 e. The number of rotatable bonds is 2. The van der Waals surface area contributed by atoms with E-state index in [0.717, 1.165) is 33.2 Å². The Morgan fingerprint density at radius 1 is 1.26 bits per heavy atom. The lowest BCUT2D eigenvalue weighted by Crippen LogP contribution is -2.07. The minimum atomic E-state index is 0.119. The monoisotopic (exact) mass is 365 g/mol. The van der Waals surface area contributed by atoms with Crippen LogP contribution in [0.1, 0.15) is 18.4 Å². The van der Waals surface area contributed by atoms with Crippen molar-refractivity contribution in [2.45, 2.75) is 12.8 Å². The third kappa shape index (κ3) is 3.58. The Morgan fingerprint density at radius 2 is 1.95 bits per heavy atom. The summed E-state index contributed by atoms with van der Waals surface area (Å²) >= 11 is 2.10. The summed E-state index contributed by atoms with van der Waals surface area (Å²) < 4.78 is 0.808. The molecule has 0 fully saturated rings. The molecule has 0 saturated carbocycles. The maximum absolute atomic E-state index is 11.9. The number of nitrogens with zero attached hydrogens (tertiary/aromatic N) is 1. The molecule has 0 aromatic heterocycles. The Kier molecular flexibility index (Phi) is 4.61. The van der Waals surface area contributed by atoms with Gasteiger partial charge < -0.3 is 4.90 Å². The maximum Gasteiger partial charge on any atom is 0.202 e. The molecular weight excluding hydrogens is 349 g/mol. The fourth-order valence-electron chi connectivity index (χ4n) is 1.87. The Bertz CT molecular complexity index is 575. The van der Waals surface area contributed by atoms with Gasteiger partial charge in [-0.25, -0.2) is 0 Å². The van der Waals surface area contributed by atoms with Crippen LogP contribution in [0.2, 0.25) is 0 Å². The van der Waals surface area contributed by atoms with Crippen molar-refractivity contribution in [1.29, 1.82) is 0 Å². The van der Waals surface area contributed by atoms with Gasteiger partial charge in [0.25, 0.3) is 0 Å². The lowest BCUT2D eigenvalue weighted by Gasteiger charge is -2.11. The molecule has 2 nitrogen and oxygen atoms in total. The normalized spacial score (nSPS) is 14.8. The summed E-state index contributed by atoms with van der Waals surface area (Å²) in [7, 11) is 4.03. The molecule has 0 spiro atoms. The molecule has 19 heavy (non-hydrogen) atoms. The van der Waals surface area contributed by atoms with Crippen LogP contribution >= 0.6 is 22.6 Å². The van der Waals surface area contributed by atoms with Gasteiger partial charge in [-0.3, -0.25) is 4.79 Å². The van der Waals surface area contributed by atoms with Crippen molar-refractivity contribution in [1.82, 2.24) is 0 Å². The minimum absolute atomic E-state index is 0.119. The number of halogens is 1. The highest BCUT2D eigenvalue weighted by Gasteiger charge is 2.15. The van der Waals surface area contributed by atoms with Gasteiger partial charge in [0.15, 0.2) is 0 Å².